The van der Waals surface area contributed by atoms with Crippen molar-refractivity contribution in [2.45, 2.75) is 32.7 Å². The van der Waals surface area contributed by atoms with E-state index in [2.05, 4.69) is 4.90 Å². The predicted octanol–water partition coefficient (Wildman–Crippen LogP) is 3.02. The number of rotatable bonds is 7. The van der Waals surface area contributed by atoms with Crippen LogP contribution in [0.15, 0.2) is 24.3 Å². The van der Waals surface area contributed by atoms with Gasteiger partial charge < -0.3 is 9.69 Å². The molecule has 0 bridgehead atoms. The molecule has 0 radical (unpaired) electrons. The summed E-state index contributed by atoms with van der Waals surface area (Å²) in [6.45, 7) is 3.12. The average Bonchev–Trinajstić information content (AvgIpc) is 2.27. The fourth-order valence-electron chi connectivity index (χ4n) is 1.75. The number of benzene rings is 1. The van der Waals surface area contributed by atoms with E-state index in [0.717, 1.165) is 24.9 Å². The SMILES string of the molecule is CC(=O)CCCCN(C)Cc1ccccc1F. The summed E-state index contributed by atoms with van der Waals surface area (Å²) in [5.74, 6) is 0.0878. The normalized spacial score (nSPS) is 10.8. The first-order chi connectivity index (χ1) is 8.09. The van der Waals surface area contributed by atoms with Gasteiger partial charge in [0, 0.05) is 18.5 Å². The maximum absolute atomic E-state index is 13.4. The Labute approximate surface area is 102 Å². The van der Waals surface area contributed by atoms with E-state index in [0.29, 0.717) is 13.0 Å². The zero-order valence-corrected chi connectivity index (χ0v) is 10.6. The minimum Gasteiger partial charge on any atom is -0.302 e. The second kappa shape index (κ2) is 7.17. The lowest BCUT2D eigenvalue weighted by molar-refractivity contribution is -0.117. The minimum atomic E-state index is -0.150. The summed E-state index contributed by atoms with van der Waals surface area (Å²) in [5.41, 5.74) is 0.724. The Balaban J connectivity index is 2.27. The van der Waals surface area contributed by atoms with Gasteiger partial charge in [-0.15, -0.1) is 0 Å². The smallest absolute Gasteiger partial charge is 0.129 e. The van der Waals surface area contributed by atoms with Crippen molar-refractivity contribution in [2.75, 3.05) is 13.6 Å². The summed E-state index contributed by atoms with van der Waals surface area (Å²) in [7, 11) is 1.97. The number of Topliss-reactive ketones (excluding diaryl/α,β-unsaturated/α-hetero) is 1. The van der Waals surface area contributed by atoms with Gasteiger partial charge in [-0.25, -0.2) is 4.39 Å². The van der Waals surface area contributed by atoms with Crippen LogP contribution in [0.5, 0.6) is 0 Å². The average molecular weight is 237 g/mol. The van der Waals surface area contributed by atoms with Crippen molar-refractivity contribution < 1.29 is 9.18 Å². The maximum Gasteiger partial charge on any atom is 0.129 e. The largest absolute Gasteiger partial charge is 0.302 e. The molecule has 2 nitrogen and oxygen atoms in total. The van der Waals surface area contributed by atoms with Crippen molar-refractivity contribution in [3.63, 3.8) is 0 Å². The molecule has 0 unspecified atom stereocenters. The molecular formula is C14H20FNO. The van der Waals surface area contributed by atoms with Crippen LogP contribution in [0.2, 0.25) is 0 Å². The van der Waals surface area contributed by atoms with Crippen LogP contribution in [0.25, 0.3) is 0 Å². The monoisotopic (exact) mass is 237 g/mol. The summed E-state index contributed by atoms with van der Waals surface area (Å²) in [4.78, 5) is 12.8. The van der Waals surface area contributed by atoms with Crippen molar-refractivity contribution in [2.24, 2.45) is 0 Å². The Kier molecular flexibility index (Phi) is 5.84. The maximum atomic E-state index is 13.4. The van der Waals surface area contributed by atoms with E-state index in [1.165, 1.54) is 6.07 Å². The quantitative estimate of drug-likeness (QED) is 0.679. The lowest BCUT2D eigenvalue weighted by Gasteiger charge is -2.16. The van der Waals surface area contributed by atoms with E-state index >= 15 is 0 Å². The van der Waals surface area contributed by atoms with Crippen LogP contribution in [0.4, 0.5) is 4.39 Å². The first kappa shape index (κ1) is 13.8. The van der Waals surface area contributed by atoms with Crippen molar-refractivity contribution in [3.05, 3.63) is 35.6 Å². The topological polar surface area (TPSA) is 20.3 Å². The molecule has 0 saturated carbocycles. The van der Waals surface area contributed by atoms with Crippen LogP contribution in [0.3, 0.4) is 0 Å². The Morgan fingerprint density at radius 1 is 1.29 bits per heavy atom. The van der Waals surface area contributed by atoms with E-state index in [1.807, 2.05) is 13.1 Å². The second-order valence-corrected chi connectivity index (χ2v) is 4.49. The molecule has 0 atom stereocenters. The summed E-state index contributed by atoms with van der Waals surface area (Å²) in [6, 6.07) is 6.84. The third-order valence-corrected chi connectivity index (χ3v) is 2.72. The van der Waals surface area contributed by atoms with E-state index in [-0.39, 0.29) is 11.6 Å². The van der Waals surface area contributed by atoms with Crippen LogP contribution >= 0.6 is 0 Å². The molecule has 3 heteroatoms. The number of ketones is 1. The van der Waals surface area contributed by atoms with Gasteiger partial charge in [-0.1, -0.05) is 18.2 Å². The van der Waals surface area contributed by atoms with Gasteiger partial charge in [-0.3, -0.25) is 0 Å². The van der Waals surface area contributed by atoms with E-state index in [4.69, 9.17) is 0 Å². The number of unbranched alkanes of at least 4 members (excludes halogenated alkanes) is 1. The molecule has 0 aromatic heterocycles. The number of hydrogen-bond acceptors (Lipinski definition) is 2. The highest BCUT2D eigenvalue weighted by atomic mass is 19.1. The van der Waals surface area contributed by atoms with Crippen molar-refractivity contribution in [1.29, 1.82) is 0 Å². The predicted molar refractivity (Wildman–Crippen MR) is 67.3 cm³/mol. The molecule has 0 fully saturated rings. The molecule has 0 heterocycles. The van der Waals surface area contributed by atoms with Crippen LogP contribution in [-0.4, -0.2) is 24.3 Å². The molecule has 1 rings (SSSR count). The van der Waals surface area contributed by atoms with Crippen LogP contribution < -0.4 is 0 Å². The van der Waals surface area contributed by atoms with Gasteiger partial charge in [0.1, 0.15) is 11.6 Å². The molecule has 17 heavy (non-hydrogen) atoms. The number of nitrogens with zero attached hydrogens (tertiary/aromatic N) is 1. The lowest BCUT2D eigenvalue weighted by atomic mass is 10.1. The number of hydrogen-bond donors (Lipinski definition) is 0. The van der Waals surface area contributed by atoms with Gasteiger partial charge in [0.25, 0.3) is 0 Å². The first-order valence-electron chi connectivity index (χ1n) is 6.01. The standard InChI is InChI=1S/C14H20FNO/c1-12(17)7-5-6-10-16(2)11-13-8-3-4-9-14(13)15/h3-4,8-9H,5-7,10-11H2,1-2H3. The zero-order chi connectivity index (χ0) is 12.7. The van der Waals surface area contributed by atoms with Gasteiger partial charge >= 0.3 is 0 Å². The van der Waals surface area contributed by atoms with Gasteiger partial charge in [0.05, 0.1) is 0 Å². The number of carbonyl (C=O) groups is 1. The fraction of sp³-hybridized carbons (Fsp3) is 0.500. The van der Waals surface area contributed by atoms with E-state index in [1.54, 1.807) is 19.1 Å². The third kappa shape index (κ3) is 5.59. The van der Waals surface area contributed by atoms with Crippen molar-refractivity contribution in [3.8, 4) is 0 Å². The molecule has 0 saturated heterocycles. The second-order valence-electron chi connectivity index (χ2n) is 4.49. The molecule has 1 aromatic carbocycles. The highest BCUT2D eigenvalue weighted by molar-refractivity contribution is 5.75. The number of carbonyl (C=O) groups excluding carboxylic acids is 1. The zero-order valence-electron chi connectivity index (χ0n) is 10.6. The summed E-state index contributed by atoms with van der Waals surface area (Å²) < 4.78 is 13.4. The van der Waals surface area contributed by atoms with Crippen LogP contribution in [0, 0.1) is 5.82 Å². The molecule has 0 N–H and O–H groups in total. The minimum absolute atomic E-state index is 0.150. The van der Waals surface area contributed by atoms with Crippen LogP contribution in [0.1, 0.15) is 31.7 Å². The first-order valence-corrected chi connectivity index (χ1v) is 6.01. The highest BCUT2D eigenvalue weighted by Crippen LogP contribution is 2.09. The fourth-order valence-corrected chi connectivity index (χ4v) is 1.75. The Morgan fingerprint density at radius 2 is 2.00 bits per heavy atom. The summed E-state index contributed by atoms with van der Waals surface area (Å²) in [6.07, 6.45) is 2.54. The number of halogens is 1. The third-order valence-electron chi connectivity index (χ3n) is 2.72. The Hall–Kier alpha value is -1.22. The molecule has 0 amide bonds. The van der Waals surface area contributed by atoms with Crippen LogP contribution in [-0.2, 0) is 11.3 Å². The Morgan fingerprint density at radius 3 is 2.65 bits per heavy atom. The van der Waals surface area contributed by atoms with Crippen molar-refractivity contribution in [1.82, 2.24) is 4.90 Å². The highest BCUT2D eigenvalue weighted by Gasteiger charge is 2.04. The van der Waals surface area contributed by atoms with Gasteiger partial charge in [-0.2, -0.15) is 0 Å². The molecular weight excluding hydrogens is 217 g/mol. The van der Waals surface area contributed by atoms with Gasteiger partial charge in [-0.05, 0) is 39.4 Å². The molecule has 0 aliphatic heterocycles. The van der Waals surface area contributed by atoms with Gasteiger partial charge in [0.15, 0.2) is 0 Å². The molecule has 1 aromatic rings. The van der Waals surface area contributed by atoms with E-state index in [9.17, 15) is 9.18 Å². The van der Waals surface area contributed by atoms with E-state index < -0.39 is 0 Å². The molecule has 0 aliphatic carbocycles. The van der Waals surface area contributed by atoms with Gasteiger partial charge in [0.2, 0.25) is 0 Å². The molecule has 94 valence electrons. The molecule has 0 aliphatic rings. The summed E-state index contributed by atoms with van der Waals surface area (Å²) in [5, 5.41) is 0. The molecule has 0 spiro atoms. The summed E-state index contributed by atoms with van der Waals surface area (Å²) >= 11 is 0. The van der Waals surface area contributed by atoms with Crippen molar-refractivity contribution >= 4 is 5.78 Å². The lowest BCUT2D eigenvalue weighted by Crippen LogP contribution is -2.19. The Bertz CT molecular complexity index is 365.